The summed E-state index contributed by atoms with van der Waals surface area (Å²) >= 11 is 6.01. The number of rotatable bonds is 3. The van der Waals surface area contributed by atoms with E-state index in [0.717, 1.165) is 0 Å². The number of benzene rings is 1. The van der Waals surface area contributed by atoms with Gasteiger partial charge in [-0.25, -0.2) is 4.79 Å². The molecule has 1 rings (SSSR count). The molecule has 0 N–H and O–H groups in total. The summed E-state index contributed by atoms with van der Waals surface area (Å²) in [5.41, 5.74) is 1.15. The molecule has 0 saturated carbocycles. The van der Waals surface area contributed by atoms with Crippen LogP contribution in [0.2, 0.25) is 5.02 Å². The summed E-state index contributed by atoms with van der Waals surface area (Å²) in [7, 11) is 1.53. The molecular formula is C11H13ClO3. The fourth-order valence-electron chi connectivity index (χ4n) is 1.25. The highest BCUT2D eigenvalue weighted by atomic mass is 35.5. The zero-order valence-electron chi connectivity index (χ0n) is 8.96. The third-order valence-electron chi connectivity index (χ3n) is 2.07. The van der Waals surface area contributed by atoms with E-state index in [2.05, 4.69) is 0 Å². The maximum atomic E-state index is 11.5. The summed E-state index contributed by atoms with van der Waals surface area (Å²) in [5, 5.41) is 0.447. The summed E-state index contributed by atoms with van der Waals surface area (Å²) < 4.78 is 9.94. The van der Waals surface area contributed by atoms with Gasteiger partial charge in [-0.1, -0.05) is 11.6 Å². The van der Waals surface area contributed by atoms with Gasteiger partial charge in [0.25, 0.3) is 0 Å². The van der Waals surface area contributed by atoms with Crippen LogP contribution in [0.1, 0.15) is 22.8 Å². The molecule has 0 aliphatic rings. The second-order valence-corrected chi connectivity index (χ2v) is 3.35. The molecule has 0 aliphatic carbocycles. The molecule has 0 atom stereocenters. The molecule has 0 aliphatic heterocycles. The number of carbonyl (C=O) groups is 1. The molecule has 1 aromatic carbocycles. The van der Waals surface area contributed by atoms with Gasteiger partial charge < -0.3 is 9.47 Å². The zero-order chi connectivity index (χ0) is 11.4. The predicted octanol–water partition coefficient (Wildman–Crippen LogP) is 2.83. The van der Waals surface area contributed by atoms with Crippen LogP contribution in [0.15, 0.2) is 12.1 Å². The molecule has 0 bridgehead atoms. The third kappa shape index (κ3) is 2.42. The minimum Gasteiger partial charge on any atom is -0.495 e. The lowest BCUT2D eigenvalue weighted by molar-refractivity contribution is 0.0525. The second-order valence-electron chi connectivity index (χ2n) is 2.97. The van der Waals surface area contributed by atoms with Gasteiger partial charge in [-0.2, -0.15) is 0 Å². The van der Waals surface area contributed by atoms with E-state index in [1.165, 1.54) is 7.11 Å². The number of carbonyl (C=O) groups excluding carboxylic acids is 1. The minimum absolute atomic E-state index is 0.349. The first kappa shape index (κ1) is 11.9. The number of halogens is 1. The van der Waals surface area contributed by atoms with E-state index in [-0.39, 0.29) is 5.97 Å². The Labute approximate surface area is 93.9 Å². The van der Waals surface area contributed by atoms with Gasteiger partial charge in [0.2, 0.25) is 0 Å². The van der Waals surface area contributed by atoms with Crippen LogP contribution in [0.25, 0.3) is 0 Å². The van der Waals surface area contributed by atoms with Gasteiger partial charge in [-0.3, -0.25) is 0 Å². The van der Waals surface area contributed by atoms with E-state index >= 15 is 0 Å². The Kier molecular flexibility index (Phi) is 3.97. The summed E-state index contributed by atoms with van der Waals surface area (Å²) in [4.78, 5) is 11.5. The SMILES string of the molecule is CCOC(=O)c1ccc(OC)c(Cl)c1C. The van der Waals surface area contributed by atoms with Crippen molar-refractivity contribution >= 4 is 17.6 Å². The van der Waals surface area contributed by atoms with E-state index < -0.39 is 0 Å². The van der Waals surface area contributed by atoms with Gasteiger partial charge in [0.15, 0.2) is 0 Å². The summed E-state index contributed by atoms with van der Waals surface area (Å²) in [6, 6.07) is 3.31. The maximum Gasteiger partial charge on any atom is 0.338 e. The molecular weight excluding hydrogens is 216 g/mol. The van der Waals surface area contributed by atoms with Crippen molar-refractivity contribution in [1.29, 1.82) is 0 Å². The van der Waals surface area contributed by atoms with Crippen molar-refractivity contribution in [1.82, 2.24) is 0 Å². The van der Waals surface area contributed by atoms with E-state index in [1.807, 2.05) is 0 Å². The smallest absolute Gasteiger partial charge is 0.338 e. The van der Waals surface area contributed by atoms with Crippen LogP contribution < -0.4 is 4.74 Å². The lowest BCUT2D eigenvalue weighted by Gasteiger charge is -2.09. The molecule has 0 saturated heterocycles. The molecule has 3 nitrogen and oxygen atoms in total. The number of methoxy groups -OCH3 is 1. The lowest BCUT2D eigenvalue weighted by Crippen LogP contribution is -2.07. The van der Waals surface area contributed by atoms with E-state index in [1.54, 1.807) is 26.0 Å². The fourth-order valence-corrected chi connectivity index (χ4v) is 1.49. The van der Waals surface area contributed by atoms with E-state index in [9.17, 15) is 4.79 Å². The molecule has 0 fully saturated rings. The largest absolute Gasteiger partial charge is 0.495 e. The number of esters is 1. The Morgan fingerprint density at radius 2 is 2.13 bits per heavy atom. The molecule has 0 radical (unpaired) electrons. The topological polar surface area (TPSA) is 35.5 Å². The molecule has 0 aromatic heterocycles. The number of hydrogen-bond acceptors (Lipinski definition) is 3. The lowest BCUT2D eigenvalue weighted by atomic mass is 10.1. The van der Waals surface area contributed by atoms with Crippen molar-refractivity contribution in [3.8, 4) is 5.75 Å². The molecule has 82 valence electrons. The Bertz CT molecular complexity index is 374. The predicted molar refractivity (Wildman–Crippen MR) is 58.7 cm³/mol. The van der Waals surface area contributed by atoms with Crippen molar-refractivity contribution < 1.29 is 14.3 Å². The molecule has 15 heavy (non-hydrogen) atoms. The summed E-state index contributed by atoms with van der Waals surface area (Å²) in [6.07, 6.45) is 0. The Morgan fingerprint density at radius 1 is 1.47 bits per heavy atom. The van der Waals surface area contributed by atoms with Gasteiger partial charge in [-0.15, -0.1) is 0 Å². The monoisotopic (exact) mass is 228 g/mol. The van der Waals surface area contributed by atoms with Crippen LogP contribution in [-0.4, -0.2) is 19.7 Å². The molecule has 1 aromatic rings. The molecule has 0 spiro atoms. The van der Waals surface area contributed by atoms with Crippen molar-refractivity contribution in [2.24, 2.45) is 0 Å². The normalized spacial score (nSPS) is 9.87. The first-order valence-corrected chi connectivity index (χ1v) is 4.99. The van der Waals surface area contributed by atoms with Crippen LogP contribution in [0.3, 0.4) is 0 Å². The number of hydrogen-bond donors (Lipinski definition) is 0. The Hall–Kier alpha value is -1.22. The fraction of sp³-hybridized carbons (Fsp3) is 0.364. The second kappa shape index (κ2) is 5.03. The van der Waals surface area contributed by atoms with Crippen LogP contribution in [-0.2, 0) is 4.74 Å². The van der Waals surface area contributed by atoms with Gasteiger partial charge in [-0.05, 0) is 31.5 Å². The minimum atomic E-state index is -0.362. The van der Waals surface area contributed by atoms with Gasteiger partial charge in [0.05, 0.1) is 24.3 Å². The van der Waals surface area contributed by atoms with Crippen LogP contribution >= 0.6 is 11.6 Å². The van der Waals surface area contributed by atoms with E-state index in [0.29, 0.717) is 28.5 Å². The van der Waals surface area contributed by atoms with Crippen molar-refractivity contribution in [3.05, 3.63) is 28.3 Å². The summed E-state index contributed by atoms with van der Waals surface area (Å²) in [5.74, 6) is 0.196. The van der Waals surface area contributed by atoms with Gasteiger partial charge in [0.1, 0.15) is 5.75 Å². The molecule has 0 heterocycles. The average molecular weight is 229 g/mol. The van der Waals surface area contributed by atoms with Crippen molar-refractivity contribution in [3.63, 3.8) is 0 Å². The van der Waals surface area contributed by atoms with Crippen molar-refractivity contribution in [2.75, 3.05) is 13.7 Å². The van der Waals surface area contributed by atoms with Crippen LogP contribution in [0.4, 0.5) is 0 Å². The van der Waals surface area contributed by atoms with E-state index in [4.69, 9.17) is 21.1 Å². The first-order chi connectivity index (χ1) is 7.11. The molecule has 0 unspecified atom stereocenters. The highest BCUT2D eigenvalue weighted by Gasteiger charge is 2.14. The quantitative estimate of drug-likeness (QED) is 0.747. The highest BCUT2D eigenvalue weighted by molar-refractivity contribution is 6.33. The zero-order valence-corrected chi connectivity index (χ0v) is 9.72. The summed E-state index contributed by atoms with van der Waals surface area (Å²) in [6.45, 7) is 3.87. The van der Waals surface area contributed by atoms with Crippen LogP contribution in [0.5, 0.6) is 5.75 Å². The maximum absolute atomic E-state index is 11.5. The average Bonchev–Trinajstić information content (AvgIpc) is 2.22. The Balaban J connectivity index is 3.11. The van der Waals surface area contributed by atoms with Gasteiger partial charge >= 0.3 is 5.97 Å². The molecule has 0 amide bonds. The van der Waals surface area contributed by atoms with Crippen molar-refractivity contribution in [2.45, 2.75) is 13.8 Å². The standard InChI is InChI=1S/C11H13ClO3/c1-4-15-11(13)8-5-6-9(14-3)10(12)7(8)2/h5-6H,4H2,1-3H3. The van der Waals surface area contributed by atoms with Gasteiger partial charge in [0, 0.05) is 0 Å². The van der Waals surface area contributed by atoms with Crippen LogP contribution in [0, 0.1) is 6.92 Å². The first-order valence-electron chi connectivity index (χ1n) is 4.62. The third-order valence-corrected chi connectivity index (χ3v) is 2.54. The molecule has 4 heteroatoms. The highest BCUT2D eigenvalue weighted by Crippen LogP contribution is 2.30. The Morgan fingerprint density at radius 3 is 2.67 bits per heavy atom. The number of ether oxygens (including phenoxy) is 2.